The Labute approximate surface area is 127 Å². The second-order valence-corrected chi connectivity index (χ2v) is 5.35. The molecule has 0 saturated carbocycles. The Hall–Kier alpha value is -1.82. The molecule has 1 aromatic carbocycles. The Bertz CT molecular complexity index is 553. The van der Waals surface area contributed by atoms with Gasteiger partial charge in [-0.15, -0.1) is 0 Å². The molecule has 1 fully saturated rings. The summed E-state index contributed by atoms with van der Waals surface area (Å²) < 4.78 is 17.7. The molecule has 7 heteroatoms. The second kappa shape index (κ2) is 6.76. The number of carbonyl (C=O) groups is 2. The van der Waals surface area contributed by atoms with Gasteiger partial charge in [-0.2, -0.15) is 0 Å². The molecule has 0 radical (unpaired) electrons. The smallest absolute Gasteiger partial charge is 0.321 e. The number of carbonyl (C=O) groups excluding carboxylic acids is 2. The van der Waals surface area contributed by atoms with E-state index >= 15 is 0 Å². The van der Waals surface area contributed by atoms with Crippen molar-refractivity contribution >= 4 is 29.3 Å². The molecule has 5 nitrogen and oxygen atoms in total. The van der Waals surface area contributed by atoms with Gasteiger partial charge in [0, 0.05) is 18.8 Å². The number of urea groups is 1. The Morgan fingerprint density at radius 3 is 2.95 bits per heavy atom. The van der Waals surface area contributed by atoms with Crippen molar-refractivity contribution in [2.75, 3.05) is 25.5 Å². The van der Waals surface area contributed by atoms with E-state index < -0.39 is 5.82 Å². The van der Waals surface area contributed by atoms with Gasteiger partial charge in [0.2, 0.25) is 0 Å². The van der Waals surface area contributed by atoms with Crippen molar-refractivity contribution in [2.45, 2.75) is 12.8 Å². The number of benzene rings is 1. The summed E-state index contributed by atoms with van der Waals surface area (Å²) in [4.78, 5) is 24.9. The largest absolute Gasteiger partial charge is 0.469 e. The molecule has 1 N–H and O–H groups in total. The van der Waals surface area contributed by atoms with Crippen LogP contribution in [0, 0.1) is 11.7 Å². The van der Waals surface area contributed by atoms with Crippen molar-refractivity contribution in [1.82, 2.24) is 4.90 Å². The number of rotatable bonds is 3. The molecule has 1 aromatic rings. The summed E-state index contributed by atoms with van der Waals surface area (Å²) in [5, 5.41) is 2.62. The number of esters is 1. The lowest BCUT2D eigenvalue weighted by atomic mass is 10.1. The van der Waals surface area contributed by atoms with Gasteiger partial charge in [0.05, 0.1) is 18.6 Å². The fourth-order valence-corrected chi connectivity index (χ4v) is 2.46. The number of hydrogen-bond acceptors (Lipinski definition) is 3. The third-order valence-electron chi connectivity index (χ3n) is 3.43. The fourth-order valence-electron chi connectivity index (χ4n) is 2.28. The normalized spacial score (nSPS) is 17.7. The number of amides is 2. The van der Waals surface area contributed by atoms with Crippen LogP contribution in [0.4, 0.5) is 14.9 Å². The van der Waals surface area contributed by atoms with Crippen molar-refractivity contribution in [2.24, 2.45) is 5.92 Å². The highest BCUT2D eigenvalue weighted by molar-refractivity contribution is 6.31. The maximum atomic E-state index is 13.0. The number of nitrogens with one attached hydrogen (secondary N) is 1. The molecule has 1 aliphatic heterocycles. The molecule has 114 valence electrons. The maximum absolute atomic E-state index is 13.0. The third-order valence-corrected chi connectivity index (χ3v) is 3.72. The van der Waals surface area contributed by atoms with Crippen LogP contribution in [-0.2, 0) is 9.53 Å². The van der Waals surface area contributed by atoms with E-state index in [4.69, 9.17) is 11.6 Å². The molecule has 1 atom stereocenters. The van der Waals surface area contributed by atoms with Gasteiger partial charge in [0.15, 0.2) is 0 Å². The number of methoxy groups -OCH3 is 1. The number of hydrogen-bond donors (Lipinski definition) is 1. The Morgan fingerprint density at radius 2 is 2.29 bits per heavy atom. The zero-order valence-corrected chi connectivity index (χ0v) is 12.3. The summed E-state index contributed by atoms with van der Waals surface area (Å²) >= 11 is 5.66. The number of halogens is 2. The van der Waals surface area contributed by atoms with Gasteiger partial charge >= 0.3 is 12.0 Å². The molecule has 1 aliphatic rings. The number of likely N-dealkylation sites (tertiary alicyclic amines) is 1. The number of anilines is 1. The van der Waals surface area contributed by atoms with Gasteiger partial charge in [-0.25, -0.2) is 9.18 Å². The summed E-state index contributed by atoms with van der Waals surface area (Å²) in [5.41, 5.74) is 0.433. The van der Waals surface area contributed by atoms with Gasteiger partial charge in [-0.1, -0.05) is 11.6 Å². The monoisotopic (exact) mass is 314 g/mol. The summed E-state index contributed by atoms with van der Waals surface area (Å²) in [5.74, 6) is -0.693. The van der Waals surface area contributed by atoms with Crippen molar-refractivity contribution < 1.29 is 18.7 Å². The molecule has 21 heavy (non-hydrogen) atoms. The average molecular weight is 315 g/mol. The van der Waals surface area contributed by atoms with E-state index in [1.54, 1.807) is 4.90 Å². The third kappa shape index (κ3) is 4.07. The first-order chi connectivity index (χ1) is 9.99. The van der Waals surface area contributed by atoms with Crippen molar-refractivity contribution in [3.05, 3.63) is 29.0 Å². The molecular formula is C14H16ClFN2O3. The van der Waals surface area contributed by atoms with E-state index in [1.165, 1.54) is 25.3 Å². The van der Waals surface area contributed by atoms with Gasteiger partial charge in [-0.3, -0.25) is 4.79 Å². The second-order valence-electron chi connectivity index (χ2n) is 4.94. The highest BCUT2D eigenvalue weighted by Crippen LogP contribution is 2.23. The predicted molar refractivity (Wildman–Crippen MR) is 76.7 cm³/mol. The molecule has 2 rings (SSSR count). The minimum atomic E-state index is -0.533. The van der Waals surface area contributed by atoms with Crippen LogP contribution in [0.3, 0.4) is 0 Å². The highest BCUT2D eigenvalue weighted by Gasteiger charge is 2.28. The summed E-state index contributed by atoms with van der Waals surface area (Å²) in [6, 6.07) is 3.71. The maximum Gasteiger partial charge on any atom is 0.321 e. The van der Waals surface area contributed by atoms with Gasteiger partial charge in [-0.05, 0) is 30.5 Å². The number of nitrogens with zero attached hydrogens (tertiary/aromatic N) is 1. The van der Waals surface area contributed by atoms with E-state index in [1.807, 2.05) is 0 Å². The lowest BCUT2D eigenvalue weighted by molar-refractivity contribution is -0.141. The molecule has 0 aromatic heterocycles. The Kier molecular flexibility index (Phi) is 5.01. The summed E-state index contributed by atoms with van der Waals surface area (Å²) in [6.45, 7) is 1.07. The Balaban J connectivity index is 1.89. The highest BCUT2D eigenvalue weighted by atomic mass is 35.5. The van der Waals surface area contributed by atoms with Crippen LogP contribution in [0.25, 0.3) is 0 Å². The quantitative estimate of drug-likeness (QED) is 0.873. The standard InChI is InChI=1S/C14H16ClFN2O3/c1-21-13(19)6-9-4-5-18(8-9)14(20)17-10-2-3-12(16)11(15)7-10/h2-3,7,9H,4-6,8H2,1H3,(H,17,20)/t9-/m0/s1. The Morgan fingerprint density at radius 1 is 1.52 bits per heavy atom. The molecule has 0 spiro atoms. The first kappa shape index (κ1) is 15.6. The van der Waals surface area contributed by atoms with Crippen molar-refractivity contribution in [3.8, 4) is 0 Å². The van der Waals surface area contributed by atoms with Gasteiger partial charge < -0.3 is 15.0 Å². The average Bonchev–Trinajstić information content (AvgIpc) is 2.91. The van der Waals surface area contributed by atoms with Crippen molar-refractivity contribution in [1.29, 1.82) is 0 Å². The van der Waals surface area contributed by atoms with Crippen LogP contribution in [0.1, 0.15) is 12.8 Å². The van der Waals surface area contributed by atoms with Gasteiger partial charge in [0.25, 0.3) is 0 Å². The lowest BCUT2D eigenvalue weighted by Gasteiger charge is -2.17. The molecular weight excluding hydrogens is 299 g/mol. The van der Waals surface area contributed by atoms with E-state index in [2.05, 4.69) is 10.1 Å². The van der Waals surface area contributed by atoms with Crippen LogP contribution in [0.2, 0.25) is 5.02 Å². The molecule has 0 bridgehead atoms. The molecule has 2 amide bonds. The first-order valence-corrected chi connectivity index (χ1v) is 6.95. The molecule has 0 unspecified atom stereocenters. The van der Waals surface area contributed by atoms with Crippen LogP contribution in [0.15, 0.2) is 18.2 Å². The van der Waals surface area contributed by atoms with Crippen LogP contribution >= 0.6 is 11.6 Å². The zero-order valence-electron chi connectivity index (χ0n) is 11.6. The molecule has 1 heterocycles. The van der Waals surface area contributed by atoms with E-state index in [9.17, 15) is 14.0 Å². The van der Waals surface area contributed by atoms with Crippen LogP contribution in [-0.4, -0.2) is 37.1 Å². The molecule has 0 aliphatic carbocycles. The predicted octanol–water partition coefficient (Wildman–Crippen LogP) is 2.90. The van der Waals surface area contributed by atoms with Crippen LogP contribution < -0.4 is 5.32 Å². The zero-order chi connectivity index (χ0) is 15.4. The van der Waals surface area contributed by atoms with Gasteiger partial charge in [0.1, 0.15) is 5.82 Å². The fraction of sp³-hybridized carbons (Fsp3) is 0.429. The topological polar surface area (TPSA) is 58.6 Å². The van der Waals surface area contributed by atoms with E-state index in [0.717, 1.165) is 6.42 Å². The minimum Gasteiger partial charge on any atom is -0.469 e. The lowest BCUT2D eigenvalue weighted by Crippen LogP contribution is -2.33. The first-order valence-electron chi connectivity index (χ1n) is 6.57. The molecule has 1 saturated heterocycles. The summed E-state index contributed by atoms with van der Waals surface area (Å²) in [7, 11) is 1.35. The van der Waals surface area contributed by atoms with Crippen molar-refractivity contribution in [3.63, 3.8) is 0 Å². The SMILES string of the molecule is COC(=O)C[C@@H]1CCN(C(=O)Nc2ccc(F)c(Cl)c2)C1. The van der Waals surface area contributed by atoms with Crippen LogP contribution in [0.5, 0.6) is 0 Å². The number of ether oxygens (including phenoxy) is 1. The summed E-state index contributed by atoms with van der Waals surface area (Å²) in [6.07, 6.45) is 1.06. The minimum absolute atomic E-state index is 0.0437. The van der Waals surface area contributed by atoms with E-state index in [0.29, 0.717) is 25.2 Å². The van der Waals surface area contributed by atoms with E-state index in [-0.39, 0.29) is 22.9 Å².